The Balaban J connectivity index is 2.65. The Kier molecular flexibility index (Phi) is 2.78. The molecule has 2 rings (SSSR count). The summed E-state index contributed by atoms with van der Waals surface area (Å²) in [6.07, 6.45) is 2.32. The molecule has 2 aromatic carbocycles. The van der Waals surface area contributed by atoms with Crippen LogP contribution in [0.2, 0.25) is 0 Å². The minimum absolute atomic E-state index is 0.385. The summed E-state index contributed by atoms with van der Waals surface area (Å²) in [6.45, 7) is 2.25. The van der Waals surface area contributed by atoms with Gasteiger partial charge in [0.2, 0.25) is 0 Å². The van der Waals surface area contributed by atoms with Gasteiger partial charge in [0.25, 0.3) is 0 Å². The van der Waals surface area contributed by atoms with Gasteiger partial charge in [0.15, 0.2) is 4.90 Å². The van der Waals surface area contributed by atoms with Crippen LogP contribution in [0.1, 0.15) is 6.92 Å². The highest BCUT2D eigenvalue weighted by molar-refractivity contribution is 7.96. The van der Waals surface area contributed by atoms with E-state index in [1.807, 2.05) is 0 Å². The van der Waals surface area contributed by atoms with Crippen LogP contribution in [0.15, 0.2) is 47.4 Å². The molecule has 0 aliphatic rings. The fourth-order valence-electron chi connectivity index (χ4n) is 1.66. The first-order valence-electron chi connectivity index (χ1n) is 4.93. The maximum Gasteiger partial charge on any atom is 0.162 e. The zero-order valence-electron chi connectivity index (χ0n) is 8.66. The number of hydrogen-bond donors (Lipinski definition) is 0. The van der Waals surface area contributed by atoms with Crippen molar-refractivity contribution in [3.63, 3.8) is 0 Å². The fourth-order valence-corrected chi connectivity index (χ4v) is 2.84. The standard InChI is InChI=1S/C13H15S/c1-3-14(2)13-10-6-8-11-7-4-5-9-12(11)13/h4-10H,3H2,1-2H3/q+1. The lowest BCUT2D eigenvalue weighted by molar-refractivity contribution is 1.44. The molecule has 0 amide bonds. The Morgan fingerprint density at radius 1 is 1.00 bits per heavy atom. The summed E-state index contributed by atoms with van der Waals surface area (Å²) < 4.78 is 0. The second-order valence-corrected chi connectivity index (χ2v) is 5.69. The monoisotopic (exact) mass is 203 g/mol. The third-order valence-electron chi connectivity index (χ3n) is 2.56. The van der Waals surface area contributed by atoms with E-state index in [0.29, 0.717) is 10.9 Å². The average Bonchev–Trinajstić information content (AvgIpc) is 2.27. The van der Waals surface area contributed by atoms with E-state index in [4.69, 9.17) is 0 Å². The second kappa shape index (κ2) is 4.05. The molecule has 1 heteroatoms. The Bertz CT molecular complexity index is 429. The summed E-state index contributed by atoms with van der Waals surface area (Å²) in [4.78, 5) is 1.51. The molecule has 0 bridgehead atoms. The molecule has 0 fully saturated rings. The molecule has 2 aromatic rings. The molecule has 0 saturated heterocycles. The van der Waals surface area contributed by atoms with Crippen LogP contribution in [0.5, 0.6) is 0 Å². The van der Waals surface area contributed by atoms with Crippen molar-refractivity contribution in [2.45, 2.75) is 11.8 Å². The average molecular weight is 203 g/mol. The van der Waals surface area contributed by atoms with Gasteiger partial charge in [0.05, 0.1) is 0 Å². The molecule has 0 aliphatic heterocycles. The van der Waals surface area contributed by atoms with Crippen LogP contribution in [0.25, 0.3) is 10.8 Å². The third-order valence-corrected chi connectivity index (χ3v) is 4.53. The predicted octanol–water partition coefficient (Wildman–Crippen LogP) is 3.47. The minimum atomic E-state index is 0.385. The number of hydrogen-bond acceptors (Lipinski definition) is 0. The number of rotatable bonds is 2. The van der Waals surface area contributed by atoms with E-state index in [2.05, 4.69) is 55.6 Å². The van der Waals surface area contributed by atoms with Crippen molar-refractivity contribution in [1.82, 2.24) is 0 Å². The first-order valence-corrected chi connectivity index (χ1v) is 6.73. The molecule has 0 N–H and O–H groups in total. The predicted molar refractivity (Wildman–Crippen MR) is 66.0 cm³/mol. The van der Waals surface area contributed by atoms with Gasteiger partial charge in [-0.1, -0.05) is 30.3 Å². The number of benzene rings is 2. The molecule has 14 heavy (non-hydrogen) atoms. The minimum Gasteiger partial charge on any atom is -0.0616 e. The van der Waals surface area contributed by atoms with E-state index in [1.54, 1.807) is 0 Å². The van der Waals surface area contributed by atoms with Gasteiger partial charge in [-0.25, -0.2) is 0 Å². The van der Waals surface area contributed by atoms with Crippen LogP contribution in [-0.2, 0) is 10.9 Å². The van der Waals surface area contributed by atoms with Crippen LogP contribution in [-0.4, -0.2) is 12.0 Å². The van der Waals surface area contributed by atoms with Gasteiger partial charge in [-0.15, -0.1) is 0 Å². The normalized spacial score (nSPS) is 13.0. The van der Waals surface area contributed by atoms with Crippen molar-refractivity contribution in [3.05, 3.63) is 42.5 Å². The zero-order valence-corrected chi connectivity index (χ0v) is 9.47. The molecule has 0 heterocycles. The Hall–Kier alpha value is -0.950. The molecule has 0 aliphatic carbocycles. The van der Waals surface area contributed by atoms with Gasteiger partial charge in [-0.3, -0.25) is 0 Å². The van der Waals surface area contributed by atoms with Crippen molar-refractivity contribution in [2.24, 2.45) is 0 Å². The van der Waals surface area contributed by atoms with Crippen molar-refractivity contribution >= 4 is 21.7 Å². The first kappa shape index (κ1) is 9.60. The second-order valence-electron chi connectivity index (χ2n) is 3.40. The topological polar surface area (TPSA) is 0 Å². The van der Waals surface area contributed by atoms with Crippen LogP contribution in [0.3, 0.4) is 0 Å². The summed E-state index contributed by atoms with van der Waals surface area (Å²) in [7, 11) is 0.385. The zero-order chi connectivity index (χ0) is 9.97. The summed E-state index contributed by atoms with van der Waals surface area (Å²) in [6, 6.07) is 15.2. The largest absolute Gasteiger partial charge is 0.162 e. The lowest BCUT2D eigenvalue weighted by atomic mass is 10.1. The molecular weight excluding hydrogens is 188 g/mol. The first-order chi connectivity index (χ1) is 6.83. The van der Waals surface area contributed by atoms with Crippen molar-refractivity contribution in [2.75, 3.05) is 12.0 Å². The van der Waals surface area contributed by atoms with Gasteiger partial charge in [0.1, 0.15) is 12.0 Å². The highest BCUT2D eigenvalue weighted by atomic mass is 32.2. The van der Waals surface area contributed by atoms with E-state index in [-0.39, 0.29) is 0 Å². The van der Waals surface area contributed by atoms with Gasteiger partial charge in [-0.05, 0) is 24.4 Å². The highest BCUT2D eigenvalue weighted by Crippen LogP contribution is 2.23. The fraction of sp³-hybridized carbons (Fsp3) is 0.231. The van der Waals surface area contributed by atoms with Gasteiger partial charge < -0.3 is 0 Å². The highest BCUT2D eigenvalue weighted by Gasteiger charge is 2.15. The van der Waals surface area contributed by atoms with Gasteiger partial charge >= 0.3 is 0 Å². The SMILES string of the molecule is CC[S+](C)c1cccc2ccccc12. The molecule has 72 valence electrons. The molecule has 1 unspecified atom stereocenters. The molecule has 0 saturated carbocycles. The van der Waals surface area contributed by atoms with Crippen LogP contribution in [0.4, 0.5) is 0 Å². The van der Waals surface area contributed by atoms with E-state index >= 15 is 0 Å². The van der Waals surface area contributed by atoms with Crippen LogP contribution < -0.4 is 0 Å². The molecule has 0 radical (unpaired) electrons. The summed E-state index contributed by atoms with van der Waals surface area (Å²) in [5.74, 6) is 1.23. The Labute approximate surface area is 88.3 Å². The quantitative estimate of drug-likeness (QED) is 0.656. The third kappa shape index (κ3) is 1.64. The van der Waals surface area contributed by atoms with Crippen molar-refractivity contribution in [3.8, 4) is 0 Å². The maximum atomic E-state index is 2.32. The summed E-state index contributed by atoms with van der Waals surface area (Å²) >= 11 is 0. The molecule has 0 nitrogen and oxygen atoms in total. The van der Waals surface area contributed by atoms with E-state index < -0.39 is 0 Å². The summed E-state index contributed by atoms with van der Waals surface area (Å²) in [5, 5.41) is 2.78. The Morgan fingerprint density at radius 3 is 2.50 bits per heavy atom. The van der Waals surface area contributed by atoms with Gasteiger partial charge in [-0.2, -0.15) is 0 Å². The van der Waals surface area contributed by atoms with E-state index in [9.17, 15) is 0 Å². The summed E-state index contributed by atoms with van der Waals surface area (Å²) in [5.41, 5.74) is 0. The van der Waals surface area contributed by atoms with Crippen molar-refractivity contribution in [1.29, 1.82) is 0 Å². The smallest absolute Gasteiger partial charge is 0.0616 e. The molecule has 1 atom stereocenters. The molecule has 0 spiro atoms. The lowest BCUT2D eigenvalue weighted by Crippen LogP contribution is -2.02. The molecule has 0 aromatic heterocycles. The van der Waals surface area contributed by atoms with Crippen LogP contribution >= 0.6 is 0 Å². The van der Waals surface area contributed by atoms with Crippen LogP contribution in [0, 0.1) is 0 Å². The van der Waals surface area contributed by atoms with E-state index in [0.717, 1.165) is 0 Å². The Morgan fingerprint density at radius 2 is 1.71 bits per heavy atom. The molecular formula is C13H15S+. The lowest BCUT2D eigenvalue weighted by Gasteiger charge is -2.03. The van der Waals surface area contributed by atoms with E-state index in [1.165, 1.54) is 21.4 Å². The number of fused-ring (bicyclic) bond motifs is 1. The van der Waals surface area contributed by atoms with Gasteiger partial charge in [0, 0.05) is 16.3 Å². The van der Waals surface area contributed by atoms with Crippen molar-refractivity contribution < 1.29 is 0 Å². The maximum absolute atomic E-state index is 2.32.